The number of nitriles is 1. The van der Waals surface area contributed by atoms with Crippen molar-refractivity contribution in [1.29, 1.82) is 5.26 Å². The number of carbonyl (C=O) groups is 1. The van der Waals surface area contributed by atoms with Crippen LogP contribution >= 0.6 is 23.2 Å². The number of amides is 1. The number of halogens is 2. The number of carbonyl (C=O) groups excluding carboxylic acids is 1. The highest BCUT2D eigenvalue weighted by molar-refractivity contribution is 6.35. The summed E-state index contributed by atoms with van der Waals surface area (Å²) in [4.78, 5) is 12.5. The summed E-state index contributed by atoms with van der Waals surface area (Å²) in [5.74, 6) is 0.422. The van der Waals surface area contributed by atoms with Crippen LogP contribution in [0, 0.1) is 18.3 Å². The smallest absolute Gasteiger partial charge is 0.266 e. The number of ether oxygens (including phenoxy) is 2. The van der Waals surface area contributed by atoms with E-state index in [-0.39, 0.29) is 12.2 Å². The first-order valence-electron chi connectivity index (χ1n) is 9.65. The Morgan fingerprint density at radius 2 is 1.75 bits per heavy atom. The predicted molar refractivity (Wildman–Crippen MR) is 127 cm³/mol. The van der Waals surface area contributed by atoms with E-state index in [1.807, 2.05) is 25.1 Å². The molecular weight excluding hydrogens is 447 g/mol. The SMILES string of the molecule is COc1cc(/C=C(/C#N)C(=O)Nc2ccc(C)cc2)ccc1OCc1c(Cl)cccc1Cl. The largest absolute Gasteiger partial charge is 0.493 e. The van der Waals surface area contributed by atoms with Gasteiger partial charge in [0.2, 0.25) is 0 Å². The first-order chi connectivity index (χ1) is 15.4. The molecule has 3 aromatic carbocycles. The Hall–Kier alpha value is -3.46. The van der Waals surface area contributed by atoms with E-state index in [1.165, 1.54) is 13.2 Å². The van der Waals surface area contributed by atoms with Crippen molar-refractivity contribution in [3.63, 3.8) is 0 Å². The summed E-state index contributed by atoms with van der Waals surface area (Å²) in [7, 11) is 1.51. The number of hydrogen-bond acceptors (Lipinski definition) is 4. The number of rotatable bonds is 7. The summed E-state index contributed by atoms with van der Waals surface area (Å²) in [5.41, 5.74) is 2.93. The maximum absolute atomic E-state index is 12.5. The highest BCUT2D eigenvalue weighted by Gasteiger charge is 2.12. The van der Waals surface area contributed by atoms with Crippen LogP contribution in [0.15, 0.2) is 66.2 Å². The first-order valence-corrected chi connectivity index (χ1v) is 10.4. The van der Waals surface area contributed by atoms with Gasteiger partial charge in [-0.1, -0.05) is 53.0 Å². The van der Waals surface area contributed by atoms with Crippen LogP contribution in [0.3, 0.4) is 0 Å². The monoisotopic (exact) mass is 466 g/mol. The molecule has 0 saturated heterocycles. The van der Waals surface area contributed by atoms with Crippen LogP contribution in [0.2, 0.25) is 10.0 Å². The number of nitrogens with zero attached hydrogens (tertiary/aromatic N) is 1. The number of anilines is 1. The van der Waals surface area contributed by atoms with Crippen LogP contribution < -0.4 is 14.8 Å². The van der Waals surface area contributed by atoms with Crippen LogP contribution in [-0.4, -0.2) is 13.0 Å². The van der Waals surface area contributed by atoms with Gasteiger partial charge < -0.3 is 14.8 Å². The molecule has 3 aromatic rings. The molecule has 3 rings (SSSR count). The van der Waals surface area contributed by atoms with Crippen LogP contribution in [0.1, 0.15) is 16.7 Å². The number of methoxy groups -OCH3 is 1. The molecule has 0 bridgehead atoms. The molecule has 0 unspecified atom stereocenters. The molecular formula is C25H20Cl2N2O3. The maximum atomic E-state index is 12.5. The molecule has 0 radical (unpaired) electrons. The molecule has 0 aliphatic heterocycles. The molecule has 0 atom stereocenters. The minimum absolute atomic E-state index is 0.0378. The van der Waals surface area contributed by atoms with E-state index in [0.717, 1.165) is 5.56 Å². The van der Waals surface area contributed by atoms with Crippen LogP contribution in [0.5, 0.6) is 11.5 Å². The van der Waals surface area contributed by atoms with Gasteiger partial charge in [0.1, 0.15) is 18.2 Å². The van der Waals surface area contributed by atoms with Crippen molar-refractivity contribution in [3.8, 4) is 17.6 Å². The second kappa shape index (κ2) is 10.7. The zero-order valence-electron chi connectivity index (χ0n) is 17.5. The Bertz CT molecular complexity index is 1180. The van der Waals surface area contributed by atoms with Crippen molar-refractivity contribution in [2.45, 2.75) is 13.5 Å². The van der Waals surface area contributed by atoms with Crippen molar-refractivity contribution in [3.05, 3.63) is 93.0 Å². The van der Waals surface area contributed by atoms with E-state index in [0.29, 0.717) is 38.4 Å². The topological polar surface area (TPSA) is 71.3 Å². The van der Waals surface area contributed by atoms with Gasteiger partial charge in [0.05, 0.1) is 7.11 Å². The Morgan fingerprint density at radius 1 is 1.06 bits per heavy atom. The average Bonchev–Trinajstić information content (AvgIpc) is 2.79. The summed E-state index contributed by atoms with van der Waals surface area (Å²) in [6.07, 6.45) is 1.49. The average molecular weight is 467 g/mol. The van der Waals surface area contributed by atoms with Crippen LogP contribution in [0.4, 0.5) is 5.69 Å². The third kappa shape index (κ3) is 5.82. The Labute approximate surface area is 196 Å². The van der Waals surface area contributed by atoms with E-state index < -0.39 is 5.91 Å². The molecule has 0 fully saturated rings. The van der Waals surface area contributed by atoms with Crippen LogP contribution in [0.25, 0.3) is 6.08 Å². The minimum atomic E-state index is -0.496. The third-order valence-electron chi connectivity index (χ3n) is 4.61. The first kappa shape index (κ1) is 23.2. The van der Waals surface area contributed by atoms with Gasteiger partial charge in [-0.25, -0.2) is 0 Å². The summed E-state index contributed by atoms with van der Waals surface area (Å²) < 4.78 is 11.3. The van der Waals surface area contributed by atoms with Gasteiger partial charge in [-0.15, -0.1) is 0 Å². The van der Waals surface area contributed by atoms with Crippen molar-refractivity contribution >= 4 is 40.9 Å². The molecule has 0 aliphatic rings. The van der Waals surface area contributed by atoms with Crippen molar-refractivity contribution in [2.75, 3.05) is 12.4 Å². The highest BCUT2D eigenvalue weighted by atomic mass is 35.5. The Balaban J connectivity index is 1.77. The number of nitrogens with one attached hydrogen (secondary N) is 1. The number of aryl methyl sites for hydroxylation is 1. The molecule has 162 valence electrons. The lowest BCUT2D eigenvalue weighted by molar-refractivity contribution is -0.112. The quantitative estimate of drug-likeness (QED) is 0.321. The molecule has 0 aromatic heterocycles. The molecule has 32 heavy (non-hydrogen) atoms. The van der Waals surface area contributed by atoms with Crippen molar-refractivity contribution in [2.24, 2.45) is 0 Å². The fraction of sp³-hybridized carbons (Fsp3) is 0.120. The van der Waals surface area contributed by atoms with Gasteiger partial charge in [-0.05, 0) is 55.0 Å². The van der Waals surface area contributed by atoms with E-state index >= 15 is 0 Å². The molecule has 1 N–H and O–H groups in total. The lowest BCUT2D eigenvalue weighted by Crippen LogP contribution is -2.13. The number of hydrogen-bond donors (Lipinski definition) is 1. The summed E-state index contributed by atoms with van der Waals surface area (Å²) in [6, 6.07) is 19.6. The van der Waals surface area contributed by atoms with Gasteiger partial charge in [0.25, 0.3) is 5.91 Å². The molecule has 5 nitrogen and oxygen atoms in total. The van der Waals surface area contributed by atoms with Gasteiger partial charge in [-0.2, -0.15) is 5.26 Å². The Morgan fingerprint density at radius 3 is 2.38 bits per heavy atom. The fourth-order valence-electron chi connectivity index (χ4n) is 2.86. The van der Waals surface area contributed by atoms with Crippen LogP contribution in [-0.2, 0) is 11.4 Å². The molecule has 0 aliphatic carbocycles. The lowest BCUT2D eigenvalue weighted by Gasteiger charge is -2.13. The third-order valence-corrected chi connectivity index (χ3v) is 5.32. The zero-order chi connectivity index (χ0) is 23.1. The van der Waals surface area contributed by atoms with E-state index in [9.17, 15) is 10.1 Å². The Kier molecular flexibility index (Phi) is 7.77. The van der Waals surface area contributed by atoms with Crippen molar-refractivity contribution < 1.29 is 14.3 Å². The summed E-state index contributed by atoms with van der Waals surface area (Å²) in [5, 5.41) is 13.2. The second-order valence-electron chi connectivity index (χ2n) is 6.89. The normalized spacial score (nSPS) is 10.9. The summed E-state index contributed by atoms with van der Waals surface area (Å²) in [6.45, 7) is 2.11. The van der Waals surface area contributed by atoms with Gasteiger partial charge in [-0.3, -0.25) is 4.79 Å². The van der Waals surface area contributed by atoms with Crippen molar-refractivity contribution in [1.82, 2.24) is 0 Å². The number of benzene rings is 3. The van der Waals surface area contributed by atoms with Gasteiger partial charge in [0, 0.05) is 21.3 Å². The van der Waals surface area contributed by atoms with E-state index in [4.69, 9.17) is 32.7 Å². The van der Waals surface area contributed by atoms with Gasteiger partial charge >= 0.3 is 0 Å². The molecule has 1 amide bonds. The molecule has 0 spiro atoms. The fourth-order valence-corrected chi connectivity index (χ4v) is 3.37. The summed E-state index contributed by atoms with van der Waals surface area (Å²) >= 11 is 12.4. The van der Waals surface area contributed by atoms with Gasteiger partial charge in [0.15, 0.2) is 11.5 Å². The zero-order valence-corrected chi connectivity index (χ0v) is 19.0. The second-order valence-corrected chi connectivity index (χ2v) is 7.70. The predicted octanol–water partition coefficient (Wildman–Crippen LogP) is 6.44. The van der Waals surface area contributed by atoms with E-state index in [1.54, 1.807) is 48.5 Å². The molecule has 0 heterocycles. The van der Waals surface area contributed by atoms with E-state index in [2.05, 4.69) is 5.32 Å². The molecule has 0 saturated carbocycles. The minimum Gasteiger partial charge on any atom is -0.493 e. The lowest BCUT2D eigenvalue weighted by atomic mass is 10.1. The molecule has 7 heteroatoms. The maximum Gasteiger partial charge on any atom is 0.266 e. The highest BCUT2D eigenvalue weighted by Crippen LogP contribution is 2.32. The standard InChI is InChI=1S/C25H20Cl2N2O3/c1-16-6-9-19(10-7-16)29-25(30)18(14-28)12-17-8-11-23(24(13-17)31-2)32-15-20-21(26)4-3-5-22(20)27/h3-13H,15H2,1-2H3,(H,29,30)/b18-12-.